The zero-order valence-corrected chi connectivity index (χ0v) is 18.2. The Morgan fingerprint density at radius 3 is 2.45 bits per heavy atom. The van der Waals surface area contributed by atoms with Gasteiger partial charge in [-0.3, -0.25) is 9.69 Å². The van der Waals surface area contributed by atoms with E-state index in [0.717, 1.165) is 5.56 Å². The van der Waals surface area contributed by atoms with Gasteiger partial charge in [0, 0.05) is 38.3 Å². The van der Waals surface area contributed by atoms with Crippen LogP contribution < -0.4 is 9.64 Å². The molecule has 31 heavy (non-hydrogen) atoms. The summed E-state index contributed by atoms with van der Waals surface area (Å²) in [6.07, 6.45) is -4.58. The summed E-state index contributed by atoms with van der Waals surface area (Å²) in [7, 11) is 0. The van der Waals surface area contributed by atoms with Crippen molar-refractivity contribution < 1.29 is 32.2 Å². The lowest BCUT2D eigenvalue weighted by Gasteiger charge is -2.40. The number of hydrogen-bond donors (Lipinski definition) is 0. The average Bonchev–Trinajstić information content (AvgIpc) is 3.02. The van der Waals surface area contributed by atoms with Gasteiger partial charge < -0.3 is 19.3 Å². The number of rotatable bonds is 3. The third kappa shape index (κ3) is 6.03. The molecule has 1 fully saturated rings. The number of carbonyl (C=O) groups is 2. The van der Waals surface area contributed by atoms with Crippen LogP contribution in [-0.4, -0.2) is 72.5 Å². The lowest BCUT2D eigenvalue weighted by molar-refractivity contribution is -0.274. The molecule has 10 heteroatoms. The fourth-order valence-corrected chi connectivity index (χ4v) is 3.86. The van der Waals surface area contributed by atoms with Crippen molar-refractivity contribution in [1.29, 1.82) is 0 Å². The molecule has 2 heterocycles. The highest BCUT2D eigenvalue weighted by atomic mass is 19.4. The summed E-state index contributed by atoms with van der Waals surface area (Å²) in [6, 6.07) is 3.95. The Kier molecular flexibility index (Phi) is 6.40. The molecule has 1 atom stereocenters. The smallest absolute Gasteiger partial charge is 0.444 e. The van der Waals surface area contributed by atoms with E-state index >= 15 is 0 Å². The van der Waals surface area contributed by atoms with Crippen molar-refractivity contribution in [1.82, 2.24) is 9.80 Å². The third-order valence-electron chi connectivity index (χ3n) is 5.19. The molecule has 0 aromatic heterocycles. The van der Waals surface area contributed by atoms with Crippen LogP contribution in [0.5, 0.6) is 5.75 Å². The zero-order valence-electron chi connectivity index (χ0n) is 18.2. The summed E-state index contributed by atoms with van der Waals surface area (Å²) in [5.74, 6) is -0.536. The minimum atomic E-state index is -4.79. The Morgan fingerprint density at radius 1 is 1.13 bits per heavy atom. The molecule has 1 aromatic carbocycles. The second-order valence-electron chi connectivity index (χ2n) is 8.89. The summed E-state index contributed by atoms with van der Waals surface area (Å²) in [6.45, 7) is 9.30. The number of fused-ring (bicyclic) bond motifs is 1. The monoisotopic (exact) mass is 443 g/mol. The number of halogens is 3. The molecule has 2 aliphatic heterocycles. The van der Waals surface area contributed by atoms with E-state index in [1.165, 1.54) is 17.0 Å². The first-order valence-corrected chi connectivity index (χ1v) is 10.2. The number of nitrogens with zero attached hydrogens (tertiary/aromatic N) is 3. The SMILES string of the molecule is C[C@@H]1CN(CC(=O)N2CCc3ccc(OC(F)(F)F)cc32)CCN1C(=O)OC(C)(C)C. The van der Waals surface area contributed by atoms with Crippen LogP contribution in [0.1, 0.15) is 33.3 Å². The van der Waals surface area contributed by atoms with Crippen molar-refractivity contribution in [2.24, 2.45) is 0 Å². The highest BCUT2D eigenvalue weighted by molar-refractivity contribution is 5.97. The quantitative estimate of drug-likeness (QED) is 0.717. The molecule has 0 spiro atoms. The van der Waals surface area contributed by atoms with Crippen LogP contribution in [-0.2, 0) is 16.0 Å². The molecule has 0 unspecified atom stereocenters. The van der Waals surface area contributed by atoms with Gasteiger partial charge in [-0.1, -0.05) is 6.07 Å². The molecule has 0 saturated carbocycles. The molecule has 2 amide bonds. The maximum Gasteiger partial charge on any atom is 0.573 e. The lowest BCUT2D eigenvalue weighted by Crippen LogP contribution is -2.56. The number of benzene rings is 1. The first-order valence-electron chi connectivity index (χ1n) is 10.2. The molecule has 0 aliphatic carbocycles. The Bertz CT molecular complexity index is 838. The number of carbonyl (C=O) groups excluding carboxylic acids is 2. The van der Waals surface area contributed by atoms with Gasteiger partial charge in [-0.25, -0.2) is 4.79 Å². The highest BCUT2D eigenvalue weighted by Crippen LogP contribution is 2.34. The molecule has 1 saturated heterocycles. The summed E-state index contributed by atoms with van der Waals surface area (Å²) < 4.78 is 47.0. The highest BCUT2D eigenvalue weighted by Gasteiger charge is 2.34. The number of alkyl halides is 3. The largest absolute Gasteiger partial charge is 0.573 e. The Balaban J connectivity index is 1.60. The average molecular weight is 443 g/mol. The van der Waals surface area contributed by atoms with Crippen LogP contribution in [0.4, 0.5) is 23.7 Å². The van der Waals surface area contributed by atoms with Gasteiger partial charge >= 0.3 is 12.5 Å². The van der Waals surface area contributed by atoms with E-state index in [1.807, 2.05) is 32.6 Å². The zero-order chi connectivity index (χ0) is 23.0. The summed E-state index contributed by atoms with van der Waals surface area (Å²) in [5.41, 5.74) is 0.681. The van der Waals surface area contributed by atoms with Crippen molar-refractivity contribution in [3.63, 3.8) is 0 Å². The van der Waals surface area contributed by atoms with Crippen molar-refractivity contribution >= 4 is 17.7 Å². The minimum Gasteiger partial charge on any atom is -0.444 e. The molecule has 3 rings (SSSR count). The van der Waals surface area contributed by atoms with E-state index in [2.05, 4.69) is 4.74 Å². The van der Waals surface area contributed by atoms with Crippen LogP contribution in [0, 0.1) is 0 Å². The Hall–Kier alpha value is -2.49. The normalized spacial score (nSPS) is 19.9. The van der Waals surface area contributed by atoms with Crippen molar-refractivity contribution in [3.05, 3.63) is 23.8 Å². The van der Waals surface area contributed by atoms with Crippen LogP contribution in [0.15, 0.2) is 18.2 Å². The lowest BCUT2D eigenvalue weighted by atomic mass is 10.1. The first-order chi connectivity index (χ1) is 14.3. The number of anilines is 1. The van der Waals surface area contributed by atoms with Crippen LogP contribution in [0.25, 0.3) is 0 Å². The van der Waals surface area contributed by atoms with E-state index < -0.39 is 12.0 Å². The molecule has 0 bridgehead atoms. The van der Waals surface area contributed by atoms with E-state index in [4.69, 9.17) is 4.74 Å². The first kappa shape index (κ1) is 23.2. The molecule has 1 aromatic rings. The number of hydrogen-bond acceptors (Lipinski definition) is 5. The van der Waals surface area contributed by atoms with E-state index in [-0.39, 0.29) is 30.3 Å². The Labute approximate surface area is 179 Å². The van der Waals surface area contributed by atoms with Gasteiger partial charge in [-0.2, -0.15) is 0 Å². The summed E-state index contributed by atoms with van der Waals surface area (Å²) in [4.78, 5) is 30.3. The van der Waals surface area contributed by atoms with Crippen LogP contribution >= 0.6 is 0 Å². The van der Waals surface area contributed by atoms with Crippen molar-refractivity contribution in [2.45, 2.75) is 52.1 Å². The predicted molar refractivity (Wildman–Crippen MR) is 108 cm³/mol. The second-order valence-corrected chi connectivity index (χ2v) is 8.89. The molecule has 7 nitrogen and oxygen atoms in total. The molecule has 2 aliphatic rings. The standard InChI is InChI=1S/C21H28F3N3O4/c1-14-12-25(9-10-26(14)19(29)31-20(2,3)4)13-18(28)27-8-7-15-5-6-16(11-17(15)27)30-21(22,23)24/h5-6,11,14H,7-10,12-13H2,1-4H3/t14-/m1/s1. The topological polar surface area (TPSA) is 62.3 Å². The number of piperazine rings is 1. The molecule has 0 radical (unpaired) electrons. The summed E-state index contributed by atoms with van der Waals surface area (Å²) >= 11 is 0. The van der Waals surface area contributed by atoms with Crippen LogP contribution in [0.3, 0.4) is 0 Å². The minimum absolute atomic E-state index is 0.121. The van der Waals surface area contributed by atoms with Gasteiger partial charge in [0.05, 0.1) is 12.2 Å². The second kappa shape index (κ2) is 8.57. The van der Waals surface area contributed by atoms with E-state index in [0.29, 0.717) is 38.3 Å². The summed E-state index contributed by atoms with van der Waals surface area (Å²) in [5, 5.41) is 0. The maximum absolute atomic E-state index is 12.9. The van der Waals surface area contributed by atoms with Crippen molar-refractivity contribution in [3.8, 4) is 5.75 Å². The predicted octanol–water partition coefficient (Wildman–Crippen LogP) is 3.42. The van der Waals surface area contributed by atoms with Crippen LogP contribution in [0.2, 0.25) is 0 Å². The fraction of sp³-hybridized carbons (Fsp3) is 0.619. The molecular formula is C21H28F3N3O4. The van der Waals surface area contributed by atoms with Gasteiger partial charge in [-0.15, -0.1) is 13.2 Å². The molecule has 0 N–H and O–H groups in total. The molecule has 172 valence electrons. The number of ether oxygens (including phenoxy) is 2. The fourth-order valence-electron chi connectivity index (χ4n) is 3.86. The third-order valence-corrected chi connectivity index (χ3v) is 5.19. The van der Waals surface area contributed by atoms with Gasteiger partial charge in [0.25, 0.3) is 0 Å². The Morgan fingerprint density at radius 2 is 1.84 bits per heavy atom. The van der Waals surface area contributed by atoms with E-state index in [9.17, 15) is 22.8 Å². The van der Waals surface area contributed by atoms with Gasteiger partial charge in [0.1, 0.15) is 11.4 Å². The maximum atomic E-state index is 12.9. The molecular weight excluding hydrogens is 415 g/mol. The van der Waals surface area contributed by atoms with Gasteiger partial charge in [-0.05, 0) is 45.7 Å². The van der Waals surface area contributed by atoms with E-state index in [1.54, 1.807) is 11.0 Å². The van der Waals surface area contributed by atoms with Gasteiger partial charge in [0.15, 0.2) is 0 Å². The van der Waals surface area contributed by atoms with Gasteiger partial charge in [0.2, 0.25) is 5.91 Å². The number of amides is 2. The van der Waals surface area contributed by atoms with Crippen molar-refractivity contribution in [2.75, 3.05) is 37.6 Å².